The van der Waals surface area contributed by atoms with Gasteiger partial charge in [-0.15, -0.1) is 0 Å². The van der Waals surface area contributed by atoms with Gasteiger partial charge in [0, 0.05) is 50.3 Å². The molecular weight excluding hydrogens is 600 g/mol. The van der Waals surface area contributed by atoms with Crippen molar-refractivity contribution in [2.45, 2.75) is 51.9 Å². The number of nitrogens with zero attached hydrogens (tertiary/aromatic N) is 4. The van der Waals surface area contributed by atoms with Crippen molar-refractivity contribution in [2.75, 3.05) is 78.8 Å². The molecule has 0 aromatic heterocycles. The Morgan fingerprint density at radius 1 is 0.375 bits per heavy atom. The monoisotopic (exact) mass is 648 g/mol. The lowest BCUT2D eigenvalue weighted by Gasteiger charge is -2.42. The Labute approximate surface area is 287 Å². The van der Waals surface area contributed by atoms with Gasteiger partial charge in [-0.3, -0.25) is 19.6 Å². The summed E-state index contributed by atoms with van der Waals surface area (Å²) in [7, 11) is 0. The zero-order chi connectivity index (χ0) is 33.6. The standard InChI is InChI=1S/C40H48N4O4/c1-33-29-42-22-6-10-26-46-38-17-19-40(20-18-38)48-28-12-8-24-44-32-35(3)43(31-36(44)4)23-7-11-27-47-39-15-13-37(14-16-39)45-25-9-5-21-41(33)30-34(42)2/h13-20,33-36H,21-32H2,1-4H3. The van der Waals surface area contributed by atoms with Crippen molar-refractivity contribution in [3.8, 4) is 70.4 Å². The molecule has 8 nitrogen and oxygen atoms in total. The lowest BCUT2D eigenvalue weighted by atomic mass is 10.1. The van der Waals surface area contributed by atoms with Crippen LogP contribution in [0.3, 0.4) is 0 Å². The topological polar surface area (TPSA) is 49.9 Å². The Hall–Kier alpha value is -4.28. The van der Waals surface area contributed by atoms with E-state index >= 15 is 0 Å². The number of hydrogen-bond donors (Lipinski definition) is 0. The van der Waals surface area contributed by atoms with Crippen LogP contribution < -0.4 is 18.9 Å². The quantitative estimate of drug-likeness (QED) is 0.401. The van der Waals surface area contributed by atoms with E-state index in [1.807, 2.05) is 48.5 Å². The summed E-state index contributed by atoms with van der Waals surface area (Å²) in [6.07, 6.45) is 0. The largest absolute Gasteiger partial charge is 0.481 e. The Kier molecular flexibility index (Phi) is 13.4. The van der Waals surface area contributed by atoms with E-state index in [4.69, 9.17) is 18.9 Å². The van der Waals surface area contributed by atoms with Crippen molar-refractivity contribution < 1.29 is 18.9 Å². The maximum atomic E-state index is 5.84. The minimum atomic E-state index is 0.351. The van der Waals surface area contributed by atoms with E-state index in [-0.39, 0.29) is 0 Å². The predicted molar refractivity (Wildman–Crippen MR) is 190 cm³/mol. The Balaban J connectivity index is 1.18. The van der Waals surface area contributed by atoms with Crippen LogP contribution in [0.1, 0.15) is 27.7 Å². The van der Waals surface area contributed by atoms with Gasteiger partial charge in [-0.25, -0.2) is 0 Å². The summed E-state index contributed by atoms with van der Waals surface area (Å²) in [5, 5.41) is 0. The molecule has 0 spiro atoms. The molecule has 8 atom stereocenters. The fourth-order valence-electron chi connectivity index (χ4n) is 6.00. The summed E-state index contributed by atoms with van der Waals surface area (Å²) in [5.74, 6) is 28.9. The number of ether oxygens (including phenoxy) is 4. The zero-order valence-corrected chi connectivity index (χ0v) is 28.8. The Morgan fingerprint density at radius 2 is 0.583 bits per heavy atom. The van der Waals surface area contributed by atoms with Gasteiger partial charge in [-0.1, -0.05) is 47.4 Å². The lowest BCUT2D eigenvalue weighted by Crippen LogP contribution is -2.56. The van der Waals surface area contributed by atoms with E-state index < -0.39 is 0 Å². The van der Waals surface area contributed by atoms with Gasteiger partial charge in [0.1, 0.15) is 49.4 Å². The Bertz CT molecular complexity index is 1330. The van der Waals surface area contributed by atoms with E-state index in [1.54, 1.807) is 0 Å². The normalized spacial score (nSPS) is 29.8. The molecule has 8 heteroatoms. The molecule has 12 aliphatic heterocycles. The van der Waals surface area contributed by atoms with Crippen molar-refractivity contribution in [3.05, 3.63) is 48.5 Å². The highest BCUT2D eigenvalue weighted by Crippen LogP contribution is 2.19. The number of benzene rings is 2. The van der Waals surface area contributed by atoms with Gasteiger partial charge < -0.3 is 18.9 Å². The lowest BCUT2D eigenvalue weighted by molar-refractivity contribution is 0.0614. The van der Waals surface area contributed by atoms with Crippen molar-refractivity contribution in [2.24, 2.45) is 0 Å². The molecule has 0 radical (unpaired) electrons. The summed E-state index contributed by atoms with van der Waals surface area (Å²) in [5.41, 5.74) is 0. The predicted octanol–water partition coefficient (Wildman–Crippen LogP) is 3.72. The van der Waals surface area contributed by atoms with E-state index in [2.05, 4.69) is 94.7 Å². The molecule has 2 aromatic rings. The molecule has 0 N–H and O–H groups in total. The molecular formula is C40H48N4O4. The second kappa shape index (κ2) is 18.3. The molecule has 12 aliphatic rings. The second-order valence-electron chi connectivity index (χ2n) is 12.6. The van der Waals surface area contributed by atoms with Gasteiger partial charge in [0.05, 0.1) is 26.2 Å². The third-order valence-corrected chi connectivity index (χ3v) is 9.01. The molecule has 2 saturated heterocycles. The fraction of sp³-hybridized carbons (Fsp3) is 0.500. The first kappa shape index (κ1) is 35.0. The third-order valence-electron chi connectivity index (χ3n) is 9.01. The van der Waals surface area contributed by atoms with Crippen LogP contribution >= 0.6 is 0 Å². The summed E-state index contributed by atoms with van der Waals surface area (Å²) in [6, 6.07) is 16.9. The highest BCUT2D eigenvalue weighted by Gasteiger charge is 2.28. The van der Waals surface area contributed by atoms with E-state index in [0.29, 0.717) is 50.6 Å². The first-order chi connectivity index (χ1) is 23.4. The first-order valence-electron chi connectivity index (χ1n) is 16.9. The minimum absolute atomic E-state index is 0.351. The zero-order valence-electron chi connectivity index (χ0n) is 28.8. The molecule has 48 heavy (non-hydrogen) atoms. The average molecular weight is 649 g/mol. The van der Waals surface area contributed by atoms with Crippen LogP contribution in [-0.2, 0) is 0 Å². The molecule has 8 unspecified atom stereocenters. The van der Waals surface area contributed by atoms with E-state index in [0.717, 1.165) is 75.4 Å². The van der Waals surface area contributed by atoms with Crippen LogP contribution in [0.2, 0.25) is 0 Å². The van der Waals surface area contributed by atoms with Gasteiger partial charge in [0.2, 0.25) is 0 Å². The summed E-state index contributed by atoms with van der Waals surface area (Å²) in [4.78, 5) is 9.71. The van der Waals surface area contributed by atoms with Crippen molar-refractivity contribution in [3.63, 3.8) is 0 Å². The van der Waals surface area contributed by atoms with Gasteiger partial charge in [0.15, 0.2) is 0 Å². The number of rotatable bonds is 0. The smallest absolute Gasteiger partial charge is 0.149 e. The van der Waals surface area contributed by atoms with Crippen LogP contribution in [-0.4, -0.2) is 123 Å². The van der Waals surface area contributed by atoms with Gasteiger partial charge in [-0.05, 0) is 76.2 Å². The van der Waals surface area contributed by atoms with Crippen LogP contribution in [0.25, 0.3) is 0 Å². The maximum Gasteiger partial charge on any atom is 0.149 e. The molecule has 2 fully saturated rings. The molecule has 0 amide bonds. The van der Waals surface area contributed by atoms with Crippen molar-refractivity contribution in [1.29, 1.82) is 0 Å². The average Bonchev–Trinajstić information content (AvgIpc) is 3.08. The summed E-state index contributed by atoms with van der Waals surface area (Å²) >= 11 is 0. The van der Waals surface area contributed by atoms with Crippen LogP contribution in [0, 0.1) is 47.4 Å². The summed E-state index contributed by atoms with van der Waals surface area (Å²) < 4.78 is 23.4. The van der Waals surface area contributed by atoms with E-state index in [9.17, 15) is 0 Å². The fourth-order valence-corrected chi connectivity index (χ4v) is 6.00. The Morgan fingerprint density at radius 3 is 0.792 bits per heavy atom. The highest BCUT2D eigenvalue weighted by atomic mass is 16.5. The molecule has 14 rings (SSSR count). The number of piperazine rings is 2. The van der Waals surface area contributed by atoms with Crippen molar-refractivity contribution in [1.82, 2.24) is 19.6 Å². The first-order valence-corrected chi connectivity index (χ1v) is 16.9. The molecule has 252 valence electrons. The minimum Gasteiger partial charge on any atom is -0.481 e. The van der Waals surface area contributed by atoms with Crippen LogP contribution in [0.4, 0.5) is 0 Å². The number of hydrogen-bond acceptors (Lipinski definition) is 8. The van der Waals surface area contributed by atoms with Crippen LogP contribution in [0.5, 0.6) is 23.0 Å². The SMILES string of the molecule is CC1CN2CC#CCOc3ccc(cc3)OCC#CCN3CC(C)N(CC#CCOc4ccc(cc4)OCC#CCN1CC2C)CC3C. The van der Waals surface area contributed by atoms with Gasteiger partial charge in [0.25, 0.3) is 0 Å². The maximum absolute atomic E-state index is 5.84. The van der Waals surface area contributed by atoms with Gasteiger partial charge >= 0.3 is 0 Å². The molecule has 0 saturated carbocycles. The molecule has 0 aliphatic carbocycles. The summed E-state index contributed by atoms with van der Waals surface area (Å²) in [6.45, 7) is 17.1. The highest BCUT2D eigenvalue weighted by molar-refractivity contribution is 5.33. The molecule has 12 heterocycles. The van der Waals surface area contributed by atoms with Crippen LogP contribution in [0.15, 0.2) is 48.5 Å². The molecule has 8 bridgehead atoms. The van der Waals surface area contributed by atoms with E-state index in [1.165, 1.54) is 0 Å². The third kappa shape index (κ3) is 10.9. The molecule has 2 aromatic carbocycles. The van der Waals surface area contributed by atoms with Gasteiger partial charge in [-0.2, -0.15) is 0 Å². The van der Waals surface area contributed by atoms with Crippen molar-refractivity contribution >= 4 is 0 Å². The second-order valence-corrected chi connectivity index (χ2v) is 12.6.